The largest absolute Gasteiger partial charge is 0.457 e. The van der Waals surface area contributed by atoms with E-state index in [9.17, 15) is 18.8 Å². The van der Waals surface area contributed by atoms with Crippen LogP contribution in [0.4, 0.5) is 25.5 Å². The zero-order chi connectivity index (χ0) is 28.7. The first-order chi connectivity index (χ1) is 19.0. The molecule has 2 aromatic carbocycles. The predicted molar refractivity (Wildman–Crippen MR) is 150 cm³/mol. The summed E-state index contributed by atoms with van der Waals surface area (Å²) in [6.45, 7) is 5.31. The van der Waals surface area contributed by atoms with Gasteiger partial charge in [0.05, 0.1) is 6.42 Å². The summed E-state index contributed by atoms with van der Waals surface area (Å²) >= 11 is 0. The Bertz CT molecular complexity index is 1330. The highest BCUT2D eigenvalue weighted by molar-refractivity contribution is 6.01. The highest BCUT2D eigenvalue weighted by Crippen LogP contribution is 2.27. The molecule has 10 nitrogen and oxygen atoms in total. The molecule has 0 atom stereocenters. The van der Waals surface area contributed by atoms with Gasteiger partial charge in [0.15, 0.2) is 0 Å². The van der Waals surface area contributed by atoms with E-state index in [1.54, 1.807) is 41.3 Å². The Morgan fingerprint density at radius 3 is 2.33 bits per heavy atom. The Balaban J connectivity index is 1.25. The summed E-state index contributed by atoms with van der Waals surface area (Å²) in [5.41, 5.74) is 7.00. The summed E-state index contributed by atoms with van der Waals surface area (Å²) in [5, 5.41) is 7.63. The Kier molecular flexibility index (Phi) is 8.95. The lowest BCUT2D eigenvalue weighted by atomic mass is 9.81. The molecular formula is C29H33FN6O4. The van der Waals surface area contributed by atoms with E-state index >= 15 is 0 Å². The predicted octanol–water partition coefficient (Wildman–Crippen LogP) is 4.89. The number of ether oxygens (including phenoxy) is 1. The minimum absolute atomic E-state index is 0.0556. The molecule has 0 unspecified atom stereocenters. The van der Waals surface area contributed by atoms with Crippen molar-refractivity contribution in [2.75, 3.05) is 23.7 Å². The van der Waals surface area contributed by atoms with Crippen LogP contribution in [0.3, 0.4) is 0 Å². The minimum atomic E-state index is -0.689. The van der Waals surface area contributed by atoms with Crippen molar-refractivity contribution in [1.29, 1.82) is 0 Å². The molecule has 0 spiro atoms. The summed E-state index contributed by atoms with van der Waals surface area (Å²) in [4.78, 5) is 42.9. The van der Waals surface area contributed by atoms with Crippen molar-refractivity contribution >= 4 is 29.5 Å². The number of amides is 5. The topological polar surface area (TPSA) is 139 Å². The summed E-state index contributed by atoms with van der Waals surface area (Å²) in [7, 11) is 0. The zero-order valence-corrected chi connectivity index (χ0v) is 22.4. The van der Waals surface area contributed by atoms with E-state index in [-0.39, 0.29) is 18.0 Å². The van der Waals surface area contributed by atoms with Gasteiger partial charge in [-0.1, -0.05) is 12.1 Å². The SMILES string of the molecule is CC(C)(N)C1CCN(C(=O)Nc2cc(Oc3ccc(NC(=O)NC(=O)Cc4ccc(F)cc4)cc3)ccn2)CC1. The molecule has 3 aromatic rings. The van der Waals surface area contributed by atoms with Gasteiger partial charge in [-0.05, 0) is 80.6 Å². The Morgan fingerprint density at radius 2 is 1.68 bits per heavy atom. The molecule has 1 aromatic heterocycles. The minimum Gasteiger partial charge on any atom is -0.457 e. The lowest BCUT2D eigenvalue weighted by molar-refractivity contribution is -0.119. The molecule has 0 radical (unpaired) electrons. The van der Waals surface area contributed by atoms with Gasteiger partial charge in [0.1, 0.15) is 23.1 Å². The Labute approximate surface area is 232 Å². The van der Waals surface area contributed by atoms with Gasteiger partial charge in [0, 0.05) is 36.6 Å². The number of imide groups is 1. The molecule has 1 saturated heterocycles. The van der Waals surface area contributed by atoms with Crippen molar-refractivity contribution in [2.24, 2.45) is 11.7 Å². The van der Waals surface area contributed by atoms with E-state index in [2.05, 4.69) is 20.9 Å². The second kappa shape index (κ2) is 12.6. The van der Waals surface area contributed by atoms with Gasteiger partial charge in [0.2, 0.25) is 5.91 Å². The highest BCUT2D eigenvalue weighted by Gasteiger charge is 2.31. The first kappa shape index (κ1) is 28.5. The molecule has 0 saturated carbocycles. The van der Waals surface area contributed by atoms with Gasteiger partial charge in [0.25, 0.3) is 0 Å². The van der Waals surface area contributed by atoms with Gasteiger partial charge in [-0.25, -0.2) is 19.0 Å². The number of hydrogen-bond donors (Lipinski definition) is 4. The molecule has 0 bridgehead atoms. The molecule has 210 valence electrons. The maximum absolute atomic E-state index is 13.0. The van der Waals surface area contributed by atoms with Gasteiger partial charge in [-0.2, -0.15) is 0 Å². The molecule has 0 aliphatic carbocycles. The summed E-state index contributed by atoms with van der Waals surface area (Å²) in [6.07, 6.45) is 3.19. The fourth-order valence-electron chi connectivity index (χ4n) is 4.42. The first-order valence-electron chi connectivity index (χ1n) is 13.0. The Hall–Kier alpha value is -4.51. The monoisotopic (exact) mass is 548 g/mol. The number of halogens is 1. The standard InChI is InChI=1S/C29H33FN6O4/c1-29(2,31)20-12-15-36(16-13-20)28(39)34-25-18-24(11-14-32-25)40-23-9-7-22(8-10-23)33-27(38)35-26(37)17-19-3-5-21(30)6-4-19/h3-11,14,18,20H,12-13,15-17,31H2,1-2H3,(H,32,34,39)(H2,33,35,37,38). The molecule has 1 aliphatic rings. The third-order valence-corrected chi connectivity index (χ3v) is 6.68. The number of nitrogens with two attached hydrogens (primary N) is 1. The number of piperidine rings is 1. The summed E-state index contributed by atoms with van der Waals surface area (Å²) in [5.74, 6) is 0.784. The first-order valence-corrected chi connectivity index (χ1v) is 13.0. The lowest BCUT2D eigenvalue weighted by Crippen LogP contribution is -2.49. The van der Waals surface area contributed by atoms with E-state index in [0.717, 1.165) is 12.8 Å². The summed E-state index contributed by atoms with van der Waals surface area (Å²) in [6, 6.07) is 14.4. The number of anilines is 2. The van der Waals surface area contributed by atoms with Crippen molar-refractivity contribution in [3.8, 4) is 11.5 Å². The zero-order valence-electron chi connectivity index (χ0n) is 22.4. The van der Waals surface area contributed by atoms with Crippen LogP contribution in [0, 0.1) is 11.7 Å². The van der Waals surface area contributed by atoms with Crippen LogP contribution in [0.1, 0.15) is 32.3 Å². The number of carbonyl (C=O) groups excluding carboxylic acids is 3. The van der Waals surface area contributed by atoms with Gasteiger partial charge < -0.3 is 20.7 Å². The average Bonchev–Trinajstić information content (AvgIpc) is 2.91. The number of aromatic nitrogens is 1. The van der Waals surface area contributed by atoms with Crippen LogP contribution < -0.4 is 26.4 Å². The van der Waals surface area contributed by atoms with Crippen LogP contribution in [0.25, 0.3) is 0 Å². The van der Waals surface area contributed by atoms with Crippen LogP contribution in [0.5, 0.6) is 11.5 Å². The molecule has 5 N–H and O–H groups in total. The van der Waals surface area contributed by atoms with Crippen molar-refractivity contribution in [3.05, 3.63) is 78.2 Å². The molecule has 4 rings (SSSR count). The van der Waals surface area contributed by atoms with Gasteiger partial charge >= 0.3 is 12.1 Å². The maximum atomic E-state index is 13.0. The average molecular weight is 549 g/mol. The fraction of sp³-hybridized carbons (Fsp3) is 0.310. The number of hydrogen-bond acceptors (Lipinski definition) is 6. The molecule has 40 heavy (non-hydrogen) atoms. The number of nitrogens with one attached hydrogen (secondary N) is 3. The van der Waals surface area contributed by atoms with Crippen LogP contribution >= 0.6 is 0 Å². The molecule has 2 heterocycles. The quantitative estimate of drug-likeness (QED) is 0.332. The van der Waals surface area contributed by atoms with Gasteiger partial charge in [-0.15, -0.1) is 0 Å². The van der Waals surface area contributed by atoms with E-state index in [4.69, 9.17) is 10.5 Å². The number of benzene rings is 2. The molecule has 1 fully saturated rings. The van der Waals surface area contributed by atoms with Crippen molar-refractivity contribution < 1.29 is 23.5 Å². The number of carbonyl (C=O) groups is 3. The van der Waals surface area contributed by atoms with Crippen LogP contribution in [-0.2, 0) is 11.2 Å². The highest BCUT2D eigenvalue weighted by atomic mass is 19.1. The van der Waals surface area contributed by atoms with Crippen LogP contribution in [0.2, 0.25) is 0 Å². The number of likely N-dealkylation sites (tertiary alicyclic amines) is 1. The molecule has 1 aliphatic heterocycles. The van der Waals surface area contributed by atoms with Crippen molar-refractivity contribution in [3.63, 3.8) is 0 Å². The van der Waals surface area contributed by atoms with E-state index in [0.29, 0.717) is 47.6 Å². The van der Waals surface area contributed by atoms with Crippen molar-refractivity contribution in [2.45, 2.75) is 38.6 Å². The maximum Gasteiger partial charge on any atom is 0.325 e. The normalized spacial score (nSPS) is 13.8. The number of pyridine rings is 1. The molecule has 5 amide bonds. The van der Waals surface area contributed by atoms with Gasteiger partial charge in [-0.3, -0.25) is 15.4 Å². The third-order valence-electron chi connectivity index (χ3n) is 6.68. The van der Waals surface area contributed by atoms with E-state index in [1.165, 1.54) is 30.5 Å². The second-order valence-electron chi connectivity index (χ2n) is 10.3. The second-order valence-corrected chi connectivity index (χ2v) is 10.3. The lowest BCUT2D eigenvalue weighted by Gasteiger charge is -2.38. The Morgan fingerprint density at radius 1 is 1.00 bits per heavy atom. The smallest absolute Gasteiger partial charge is 0.325 e. The number of rotatable bonds is 7. The van der Waals surface area contributed by atoms with E-state index in [1.807, 2.05) is 13.8 Å². The van der Waals surface area contributed by atoms with Crippen molar-refractivity contribution in [1.82, 2.24) is 15.2 Å². The molecule has 11 heteroatoms. The fourth-order valence-corrected chi connectivity index (χ4v) is 4.42. The molecular weight excluding hydrogens is 515 g/mol. The summed E-state index contributed by atoms with van der Waals surface area (Å²) < 4.78 is 18.9. The third kappa shape index (κ3) is 8.24. The van der Waals surface area contributed by atoms with Crippen LogP contribution in [0.15, 0.2) is 66.9 Å². The number of nitrogens with zero attached hydrogens (tertiary/aromatic N) is 2. The van der Waals surface area contributed by atoms with E-state index < -0.39 is 17.8 Å². The van der Waals surface area contributed by atoms with Crippen LogP contribution in [-0.4, -0.2) is 46.5 Å². The number of urea groups is 2.